The van der Waals surface area contributed by atoms with Gasteiger partial charge in [0, 0.05) is 37.6 Å². The molecule has 2 rings (SSSR count). The van der Waals surface area contributed by atoms with E-state index in [1.807, 2.05) is 0 Å². The van der Waals surface area contributed by atoms with Crippen molar-refractivity contribution in [1.29, 1.82) is 0 Å². The summed E-state index contributed by atoms with van der Waals surface area (Å²) in [5.74, 6) is -0.860. The van der Waals surface area contributed by atoms with E-state index in [2.05, 4.69) is 15.9 Å². The molecule has 0 atom stereocenters. The van der Waals surface area contributed by atoms with Gasteiger partial charge in [-0.25, -0.2) is 12.8 Å². The van der Waals surface area contributed by atoms with Crippen LogP contribution in [0.4, 0.5) is 4.39 Å². The first kappa shape index (κ1) is 16.4. The third-order valence-corrected chi connectivity index (χ3v) is 5.84. The van der Waals surface area contributed by atoms with Gasteiger partial charge in [-0.05, 0) is 24.6 Å². The molecule has 0 aliphatic carbocycles. The number of carbonyl (C=O) groups excluding carboxylic acids is 1. The molecule has 0 radical (unpaired) electrons. The fourth-order valence-electron chi connectivity index (χ4n) is 2.27. The summed E-state index contributed by atoms with van der Waals surface area (Å²) in [6.07, 6.45) is 0.539. The van der Waals surface area contributed by atoms with Gasteiger partial charge in [-0.3, -0.25) is 4.79 Å². The molecule has 1 aromatic rings. The summed E-state index contributed by atoms with van der Waals surface area (Å²) in [5, 5.41) is 0. The lowest BCUT2D eigenvalue weighted by molar-refractivity contribution is -0.128. The second-order valence-corrected chi connectivity index (χ2v) is 7.66. The number of benzene rings is 1. The predicted molar refractivity (Wildman–Crippen MR) is 79.7 cm³/mol. The van der Waals surface area contributed by atoms with E-state index < -0.39 is 15.8 Å². The normalized spacial score (nSPS) is 17.6. The van der Waals surface area contributed by atoms with Crippen molar-refractivity contribution in [2.45, 2.75) is 18.2 Å². The fraction of sp³-hybridized carbons (Fsp3) is 0.462. The van der Waals surface area contributed by atoms with Crippen LogP contribution in [0.2, 0.25) is 0 Å². The van der Waals surface area contributed by atoms with Crippen molar-refractivity contribution in [3.8, 4) is 0 Å². The summed E-state index contributed by atoms with van der Waals surface area (Å²) >= 11 is 3.10. The fourth-order valence-corrected chi connectivity index (χ4v) is 4.12. The first-order valence-electron chi connectivity index (χ1n) is 6.53. The van der Waals surface area contributed by atoms with Crippen molar-refractivity contribution in [1.82, 2.24) is 9.21 Å². The molecule has 5 nitrogen and oxygen atoms in total. The van der Waals surface area contributed by atoms with Gasteiger partial charge in [-0.15, -0.1) is 0 Å². The van der Waals surface area contributed by atoms with Crippen molar-refractivity contribution in [3.05, 3.63) is 28.5 Å². The van der Waals surface area contributed by atoms with Gasteiger partial charge < -0.3 is 4.90 Å². The predicted octanol–water partition coefficient (Wildman–Crippen LogP) is 1.83. The molecule has 1 saturated heterocycles. The van der Waals surface area contributed by atoms with Crippen LogP contribution in [0.25, 0.3) is 0 Å². The molecular formula is C13H16BrFN2O3S. The van der Waals surface area contributed by atoms with Crippen LogP contribution in [0.15, 0.2) is 27.6 Å². The SMILES string of the molecule is CC(=O)N1CCCN(S(=O)(=O)c2ccc(Br)cc2F)CC1. The zero-order valence-electron chi connectivity index (χ0n) is 11.6. The molecule has 0 bridgehead atoms. The van der Waals surface area contributed by atoms with Crippen LogP contribution in [0, 0.1) is 5.82 Å². The lowest BCUT2D eigenvalue weighted by atomic mass is 10.3. The minimum absolute atomic E-state index is 0.0796. The highest BCUT2D eigenvalue weighted by Gasteiger charge is 2.29. The quantitative estimate of drug-likeness (QED) is 0.788. The first-order chi connectivity index (χ1) is 9.82. The highest BCUT2D eigenvalue weighted by atomic mass is 79.9. The molecule has 1 aliphatic heterocycles. The van der Waals surface area contributed by atoms with E-state index in [1.165, 1.54) is 23.4 Å². The molecular weight excluding hydrogens is 363 g/mol. The number of amides is 1. The van der Waals surface area contributed by atoms with Gasteiger partial charge in [0.1, 0.15) is 10.7 Å². The molecule has 1 fully saturated rings. The Morgan fingerprint density at radius 1 is 1.24 bits per heavy atom. The highest BCUT2D eigenvalue weighted by Crippen LogP contribution is 2.23. The largest absolute Gasteiger partial charge is 0.342 e. The molecule has 1 amide bonds. The van der Waals surface area contributed by atoms with E-state index in [9.17, 15) is 17.6 Å². The smallest absolute Gasteiger partial charge is 0.246 e. The van der Waals surface area contributed by atoms with Crippen molar-refractivity contribution in [3.63, 3.8) is 0 Å². The van der Waals surface area contributed by atoms with E-state index >= 15 is 0 Å². The van der Waals surface area contributed by atoms with Crippen molar-refractivity contribution in [2.24, 2.45) is 0 Å². The number of halogens is 2. The van der Waals surface area contributed by atoms with Gasteiger partial charge in [0.15, 0.2) is 0 Å². The van der Waals surface area contributed by atoms with E-state index in [0.717, 1.165) is 6.07 Å². The summed E-state index contributed by atoms with van der Waals surface area (Å²) in [6, 6.07) is 3.88. The van der Waals surface area contributed by atoms with Crippen LogP contribution < -0.4 is 0 Å². The topological polar surface area (TPSA) is 57.7 Å². The maximum Gasteiger partial charge on any atom is 0.246 e. The van der Waals surface area contributed by atoms with Gasteiger partial charge in [-0.2, -0.15) is 4.31 Å². The Hall–Kier alpha value is -0.990. The van der Waals surface area contributed by atoms with Gasteiger partial charge in [0.05, 0.1) is 0 Å². The number of rotatable bonds is 2. The summed E-state index contributed by atoms with van der Waals surface area (Å²) in [7, 11) is -3.88. The standard InChI is InChI=1S/C13H16BrFN2O3S/c1-10(18)16-5-2-6-17(8-7-16)21(19,20)13-4-3-11(14)9-12(13)15/h3-4,9H,2,5-8H2,1H3. The number of hydrogen-bond donors (Lipinski definition) is 0. The van der Waals surface area contributed by atoms with Crippen molar-refractivity contribution < 1.29 is 17.6 Å². The number of carbonyl (C=O) groups is 1. The Kier molecular flexibility index (Phi) is 5.00. The minimum atomic E-state index is -3.88. The molecule has 1 heterocycles. The van der Waals surface area contributed by atoms with E-state index in [0.29, 0.717) is 24.0 Å². The molecule has 0 N–H and O–H groups in total. The van der Waals surface area contributed by atoms with E-state index in [4.69, 9.17) is 0 Å². The lowest BCUT2D eigenvalue weighted by Gasteiger charge is -2.21. The summed E-state index contributed by atoms with van der Waals surface area (Å²) in [5.41, 5.74) is 0. The Labute approximate surface area is 131 Å². The van der Waals surface area contributed by atoms with E-state index in [-0.39, 0.29) is 23.9 Å². The average molecular weight is 379 g/mol. The van der Waals surface area contributed by atoms with Crippen LogP contribution in [0.5, 0.6) is 0 Å². The van der Waals surface area contributed by atoms with Crippen LogP contribution >= 0.6 is 15.9 Å². The van der Waals surface area contributed by atoms with Crippen LogP contribution in [-0.4, -0.2) is 49.7 Å². The number of hydrogen-bond acceptors (Lipinski definition) is 3. The zero-order chi connectivity index (χ0) is 15.6. The number of sulfonamides is 1. The molecule has 21 heavy (non-hydrogen) atoms. The van der Waals surface area contributed by atoms with Crippen LogP contribution in [-0.2, 0) is 14.8 Å². The highest BCUT2D eigenvalue weighted by molar-refractivity contribution is 9.10. The maximum atomic E-state index is 13.9. The average Bonchev–Trinajstić information content (AvgIpc) is 2.64. The number of nitrogens with zero attached hydrogens (tertiary/aromatic N) is 2. The maximum absolute atomic E-state index is 13.9. The molecule has 0 unspecified atom stereocenters. The Balaban J connectivity index is 2.25. The minimum Gasteiger partial charge on any atom is -0.342 e. The molecule has 1 aliphatic rings. The third kappa shape index (κ3) is 3.61. The molecule has 116 valence electrons. The summed E-state index contributed by atoms with van der Waals surface area (Å²) < 4.78 is 40.7. The molecule has 8 heteroatoms. The summed E-state index contributed by atoms with van der Waals surface area (Å²) in [4.78, 5) is 12.6. The third-order valence-electron chi connectivity index (χ3n) is 3.41. The summed E-state index contributed by atoms with van der Waals surface area (Å²) in [6.45, 7) is 2.76. The van der Waals surface area contributed by atoms with Gasteiger partial charge in [-0.1, -0.05) is 15.9 Å². The molecule has 0 aromatic heterocycles. The van der Waals surface area contributed by atoms with Gasteiger partial charge in [0.25, 0.3) is 0 Å². The Bertz CT molecular complexity index is 651. The lowest BCUT2D eigenvalue weighted by Crippen LogP contribution is -2.36. The van der Waals surface area contributed by atoms with Crippen molar-refractivity contribution in [2.75, 3.05) is 26.2 Å². The van der Waals surface area contributed by atoms with E-state index in [1.54, 1.807) is 4.90 Å². The second kappa shape index (κ2) is 6.41. The second-order valence-electron chi connectivity index (χ2n) is 4.84. The zero-order valence-corrected chi connectivity index (χ0v) is 14.0. The van der Waals surface area contributed by atoms with Gasteiger partial charge >= 0.3 is 0 Å². The van der Waals surface area contributed by atoms with Crippen LogP contribution in [0.3, 0.4) is 0 Å². The molecule has 0 spiro atoms. The Morgan fingerprint density at radius 2 is 1.95 bits per heavy atom. The molecule has 1 aromatic carbocycles. The first-order valence-corrected chi connectivity index (χ1v) is 8.76. The van der Waals surface area contributed by atoms with Crippen LogP contribution in [0.1, 0.15) is 13.3 Å². The monoisotopic (exact) mass is 378 g/mol. The molecule has 0 saturated carbocycles. The Morgan fingerprint density at radius 3 is 2.57 bits per heavy atom. The van der Waals surface area contributed by atoms with Crippen molar-refractivity contribution >= 4 is 31.9 Å². The van der Waals surface area contributed by atoms with Gasteiger partial charge in [0.2, 0.25) is 15.9 Å².